The van der Waals surface area contributed by atoms with E-state index in [0.717, 1.165) is 37.9 Å². The number of methoxy groups -OCH3 is 1. The van der Waals surface area contributed by atoms with E-state index in [9.17, 15) is 10.1 Å². The summed E-state index contributed by atoms with van der Waals surface area (Å²) in [5.41, 5.74) is 0.997. The Labute approximate surface area is 112 Å². The molecule has 1 saturated heterocycles. The molecule has 1 aromatic carbocycles. The highest BCUT2D eigenvalue weighted by molar-refractivity contribution is 5.49. The summed E-state index contributed by atoms with van der Waals surface area (Å²) in [5, 5.41) is 11.0. The number of hydrogen-bond donors (Lipinski definition) is 0. The van der Waals surface area contributed by atoms with E-state index >= 15 is 0 Å². The SMILES string of the molecule is COc1ccc(C2CCCCCOC2)cc1[N+](=O)[O-]. The third-order valence-electron chi connectivity index (χ3n) is 3.53. The molecule has 104 valence electrons. The molecule has 1 aliphatic rings. The molecule has 0 N–H and O–H groups in total. The van der Waals surface area contributed by atoms with Crippen molar-refractivity contribution in [1.29, 1.82) is 0 Å². The highest BCUT2D eigenvalue weighted by Crippen LogP contribution is 2.33. The highest BCUT2D eigenvalue weighted by atomic mass is 16.6. The summed E-state index contributed by atoms with van der Waals surface area (Å²) >= 11 is 0. The molecule has 1 atom stereocenters. The zero-order chi connectivity index (χ0) is 13.7. The third-order valence-corrected chi connectivity index (χ3v) is 3.53. The molecule has 1 unspecified atom stereocenters. The standard InChI is InChI=1S/C14H19NO4/c1-18-14-7-6-11(9-13(14)15(16)17)12-5-3-2-4-8-19-10-12/h6-7,9,12H,2-5,8,10H2,1H3. The van der Waals surface area contributed by atoms with Crippen LogP contribution in [-0.2, 0) is 4.74 Å². The van der Waals surface area contributed by atoms with Crippen LogP contribution in [0.2, 0.25) is 0 Å². The number of hydrogen-bond acceptors (Lipinski definition) is 4. The molecule has 1 aromatic rings. The number of nitro benzene ring substituents is 1. The Morgan fingerprint density at radius 2 is 2.21 bits per heavy atom. The molecule has 5 nitrogen and oxygen atoms in total. The summed E-state index contributed by atoms with van der Waals surface area (Å²) in [6.45, 7) is 1.43. The number of rotatable bonds is 3. The highest BCUT2D eigenvalue weighted by Gasteiger charge is 2.20. The lowest BCUT2D eigenvalue weighted by atomic mass is 9.92. The second kappa shape index (κ2) is 6.52. The molecular weight excluding hydrogens is 246 g/mol. The van der Waals surface area contributed by atoms with Gasteiger partial charge in [-0.1, -0.05) is 18.9 Å². The molecule has 19 heavy (non-hydrogen) atoms. The molecule has 0 radical (unpaired) electrons. The van der Waals surface area contributed by atoms with Gasteiger partial charge < -0.3 is 9.47 Å². The van der Waals surface area contributed by atoms with Gasteiger partial charge in [0.2, 0.25) is 0 Å². The molecule has 1 aliphatic heterocycles. The minimum Gasteiger partial charge on any atom is -0.490 e. The van der Waals surface area contributed by atoms with Crippen LogP contribution < -0.4 is 4.74 Å². The lowest BCUT2D eigenvalue weighted by Crippen LogP contribution is -2.12. The molecule has 0 spiro atoms. The van der Waals surface area contributed by atoms with Crippen LogP contribution in [-0.4, -0.2) is 25.2 Å². The summed E-state index contributed by atoms with van der Waals surface area (Å²) in [6, 6.07) is 5.20. The zero-order valence-corrected chi connectivity index (χ0v) is 11.1. The van der Waals surface area contributed by atoms with Crippen LogP contribution in [0.1, 0.15) is 37.2 Å². The molecule has 0 aliphatic carbocycles. The smallest absolute Gasteiger partial charge is 0.311 e. The molecule has 0 saturated carbocycles. The average Bonchev–Trinajstić information content (AvgIpc) is 2.37. The van der Waals surface area contributed by atoms with Crippen LogP contribution in [0.4, 0.5) is 5.69 Å². The molecule has 0 amide bonds. The fraction of sp³-hybridized carbons (Fsp3) is 0.571. The summed E-state index contributed by atoms with van der Waals surface area (Å²) in [7, 11) is 1.45. The van der Waals surface area contributed by atoms with Crippen molar-refractivity contribution in [3.05, 3.63) is 33.9 Å². The van der Waals surface area contributed by atoms with Gasteiger partial charge in [-0.3, -0.25) is 10.1 Å². The maximum absolute atomic E-state index is 11.0. The van der Waals surface area contributed by atoms with E-state index in [0.29, 0.717) is 12.4 Å². The first kappa shape index (κ1) is 13.8. The van der Waals surface area contributed by atoms with E-state index < -0.39 is 4.92 Å². The maximum Gasteiger partial charge on any atom is 0.311 e. The van der Waals surface area contributed by atoms with Crippen molar-refractivity contribution in [3.8, 4) is 5.75 Å². The fourth-order valence-corrected chi connectivity index (χ4v) is 2.45. The third kappa shape index (κ3) is 3.44. The second-order valence-corrected chi connectivity index (χ2v) is 4.81. The van der Waals surface area contributed by atoms with Gasteiger partial charge in [0.25, 0.3) is 0 Å². The van der Waals surface area contributed by atoms with Gasteiger partial charge in [-0.25, -0.2) is 0 Å². The van der Waals surface area contributed by atoms with E-state index in [-0.39, 0.29) is 11.6 Å². The Kier molecular flexibility index (Phi) is 4.74. The van der Waals surface area contributed by atoms with Gasteiger partial charge >= 0.3 is 5.69 Å². The first-order valence-electron chi connectivity index (χ1n) is 6.62. The van der Waals surface area contributed by atoms with Crippen LogP contribution >= 0.6 is 0 Å². The van der Waals surface area contributed by atoms with Gasteiger partial charge in [0.15, 0.2) is 5.75 Å². The first-order chi connectivity index (χ1) is 9.22. The predicted octanol–water partition coefficient (Wildman–Crippen LogP) is 3.28. The van der Waals surface area contributed by atoms with Crippen LogP contribution in [0.3, 0.4) is 0 Å². The van der Waals surface area contributed by atoms with Gasteiger partial charge in [0, 0.05) is 18.6 Å². The van der Waals surface area contributed by atoms with E-state index in [2.05, 4.69) is 0 Å². The summed E-state index contributed by atoms with van der Waals surface area (Å²) < 4.78 is 10.6. The molecule has 0 aromatic heterocycles. The van der Waals surface area contributed by atoms with E-state index in [1.807, 2.05) is 6.07 Å². The van der Waals surface area contributed by atoms with E-state index in [1.165, 1.54) is 7.11 Å². The molecule has 1 fully saturated rings. The van der Waals surface area contributed by atoms with Crippen molar-refractivity contribution in [3.63, 3.8) is 0 Å². The van der Waals surface area contributed by atoms with Crippen molar-refractivity contribution in [2.45, 2.75) is 31.6 Å². The lowest BCUT2D eigenvalue weighted by Gasteiger charge is -2.20. The number of ether oxygens (including phenoxy) is 2. The molecule has 5 heteroatoms. The van der Waals surface area contributed by atoms with E-state index in [4.69, 9.17) is 9.47 Å². The Morgan fingerprint density at radius 3 is 2.95 bits per heavy atom. The van der Waals surface area contributed by atoms with Crippen LogP contribution in [0.15, 0.2) is 18.2 Å². The number of nitro groups is 1. The van der Waals surface area contributed by atoms with E-state index in [1.54, 1.807) is 12.1 Å². The van der Waals surface area contributed by atoms with Gasteiger partial charge in [0.1, 0.15) is 0 Å². The summed E-state index contributed by atoms with van der Waals surface area (Å²) in [5.74, 6) is 0.547. The zero-order valence-electron chi connectivity index (χ0n) is 11.1. The minimum absolute atomic E-state index is 0.0297. The van der Waals surface area contributed by atoms with Crippen LogP contribution in [0.5, 0.6) is 5.75 Å². The largest absolute Gasteiger partial charge is 0.490 e. The average molecular weight is 265 g/mol. The Bertz CT molecular complexity index is 439. The second-order valence-electron chi connectivity index (χ2n) is 4.81. The first-order valence-corrected chi connectivity index (χ1v) is 6.62. The van der Waals surface area contributed by atoms with Gasteiger partial charge in [0.05, 0.1) is 18.6 Å². The molecular formula is C14H19NO4. The molecule has 1 heterocycles. The van der Waals surface area contributed by atoms with Crippen molar-refractivity contribution in [2.75, 3.05) is 20.3 Å². The quantitative estimate of drug-likeness (QED) is 0.621. The Balaban J connectivity index is 2.23. The summed E-state index contributed by atoms with van der Waals surface area (Å²) in [6.07, 6.45) is 4.43. The Morgan fingerprint density at radius 1 is 1.37 bits per heavy atom. The topological polar surface area (TPSA) is 61.6 Å². The van der Waals surface area contributed by atoms with Gasteiger partial charge in [-0.05, 0) is 24.5 Å². The van der Waals surface area contributed by atoms with Crippen molar-refractivity contribution >= 4 is 5.69 Å². The van der Waals surface area contributed by atoms with Gasteiger partial charge in [-0.2, -0.15) is 0 Å². The predicted molar refractivity (Wildman–Crippen MR) is 71.7 cm³/mol. The normalized spacial score (nSPS) is 20.4. The van der Waals surface area contributed by atoms with Crippen LogP contribution in [0, 0.1) is 10.1 Å². The number of nitrogens with zero attached hydrogens (tertiary/aromatic N) is 1. The molecule has 0 bridgehead atoms. The fourth-order valence-electron chi connectivity index (χ4n) is 2.45. The van der Waals surface area contributed by atoms with Crippen molar-refractivity contribution in [1.82, 2.24) is 0 Å². The monoisotopic (exact) mass is 265 g/mol. The van der Waals surface area contributed by atoms with Crippen molar-refractivity contribution < 1.29 is 14.4 Å². The van der Waals surface area contributed by atoms with Gasteiger partial charge in [-0.15, -0.1) is 0 Å². The van der Waals surface area contributed by atoms with Crippen LogP contribution in [0.25, 0.3) is 0 Å². The van der Waals surface area contributed by atoms with Crippen molar-refractivity contribution in [2.24, 2.45) is 0 Å². The summed E-state index contributed by atoms with van der Waals surface area (Å²) in [4.78, 5) is 10.6. The lowest BCUT2D eigenvalue weighted by molar-refractivity contribution is -0.385. The Hall–Kier alpha value is -1.62. The maximum atomic E-state index is 11.0. The minimum atomic E-state index is -0.397. The number of benzene rings is 1. The molecule has 2 rings (SSSR count).